The maximum absolute atomic E-state index is 12.3. The summed E-state index contributed by atoms with van der Waals surface area (Å²) in [5, 5.41) is 5.52. The van der Waals surface area contributed by atoms with Crippen molar-refractivity contribution in [3.63, 3.8) is 0 Å². The maximum atomic E-state index is 12.3. The van der Waals surface area contributed by atoms with Crippen LogP contribution in [0.15, 0.2) is 36.4 Å². The van der Waals surface area contributed by atoms with Crippen molar-refractivity contribution in [2.24, 2.45) is 0 Å². The van der Waals surface area contributed by atoms with Crippen molar-refractivity contribution in [1.29, 1.82) is 0 Å². The van der Waals surface area contributed by atoms with E-state index in [4.69, 9.17) is 14.2 Å². The second-order valence-electron chi connectivity index (χ2n) is 6.18. The highest BCUT2D eigenvalue weighted by atomic mass is 16.7. The number of hydrogen-bond acceptors (Lipinski definition) is 5. The molecule has 1 saturated heterocycles. The van der Waals surface area contributed by atoms with Gasteiger partial charge in [-0.15, -0.1) is 0 Å². The molecule has 3 amide bonds. The van der Waals surface area contributed by atoms with E-state index in [1.54, 1.807) is 48.4 Å². The van der Waals surface area contributed by atoms with Crippen LogP contribution in [0.4, 0.5) is 21.9 Å². The van der Waals surface area contributed by atoms with Crippen LogP contribution in [0.25, 0.3) is 0 Å². The van der Waals surface area contributed by atoms with Crippen molar-refractivity contribution in [1.82, 2.24) is 0 Å². The molecule has 2 aromatic carbocycles. The van der Waals surface area contributed by atoms with E-state index in [0.717, 1.165) is 6.42 Å². The summed E-state index contributed by atoms with van der Waals surface area (Å²) in [6.07, 6.45) is 1.33. The summed E-state index contributed by atoms with van der Waals surface area (Å²) in [5.41, 5.74) is 1.80. The first kappa shape index (κ1) is 17.0. The summed E-state index contributed by atoms with van der Waals surface area (Å²) in [5.74, 6) is 1.88. The Balaban J connectivity index is 1.48. The lowest BCUT2D eigenvalue weighted by Gasteiger charge is -2.20. The fraction of sp³-hybridized carbons (Fsp3) is 0.263. The molecule has 0 radical (unpaired) electrons. The summed E-state index contributed by atoms with van der Waals surface area (Å²) in [7, 11) is 1.55. The number of nitrogens with zero attached hydrogens (tertiary/aromatic N) is 1. The molecule has 2 aliphatic rings. The number of anilines is 3. The predicted molar refractivity (Wildman–Crippen MR) is 99.8 cm³/mol. The van der Waals surface area contributed by atoms with Gasteiger partial charge in [0.15, 0.2) is 11.5 Å². The van der Waals surface area contributed by atoms with Crippen LogP contribution in [0.3, 0.4) is 0 Å². The number of urea groups is 1. The van der Waals surface area contributed by atoms with Gasteiger partial charge in [-0.2, -0.15) is 0 Å². The highest BCUT2D eigenvalue weighted by Crippen LogP contribution is 2.35. The molecule has 8 heteroatoms. The van der Waals surface area contributed by atoms with Crippen molar-refractivity contribution in [3.05, 3.63) is 36.4 Å². The number of fused-ring (bicyclic) bond motifs is 1. The SMILES string of the molecule is COc1ccc(NC(=O)Nc2ccc3c(c2)OCO3)cc1N1CCCC1=O. The molecule has 1 fully saturated rings. The van der Waals surface area contributed by atoms with E-state index in [0.29, 0.717) is 47.3 Å². The molecule has 8 nitrogen and oxygen atoms in total. The number of ether oxygens (including phenoxy) is 3. The van der Waals surface area contributed by atoms with Crippen LogP contribution in [-0.4, -0.2) is 32.4 Å². The minimum absolute atomic E-state index is 0.0512. The number of benzene rings is 2. The molecule has 0 bridgehead atoms. The summed E-state index contributed by atoms with van der Waals surface area (Å²) in [6, 6.07) is 9.96. The van der Waals surface area contributed by atoms with Gasteiger partial charge >= 0.3 is 6.03 Å². The minimum Gasteiger partial charge on any atom is -0.495 e. The van der Waals surface area contributed by atoms with Gasteiger partial charge < -0.3 is 29.7 Å². The van der Waals surface area contributed by atoms with Crippen molar-refractivity contribution in [2.45, 2.75) is 12.8 Å². The first-order valence-electron chi connectivity index (χ1n) is 8.60. The van der Waals surface area contributed by atoms with E-state index >= 15 is 0 Å². The van der Waals surface area contributed by atoms with Crippen LogP contribution < -0.4 is 29.7 Å². The number of amides is 3. The Kier molecular flexibility index (Phi) is 4.45. The molecule has 0 aliphatic carbocycles. The third-order valence-corrected chi connectivity index (χ3v) is 4.43. The minimum atomic E-state index is -0.405. The van der Waals surface area contributed by atoms with Crippen molar-refractivity contribution >= 4 is 29.0 Å². The molecule has 2 N–H and O–H groups in total. The monoisotopic (exact) mass is 369 g/mol. The van der Waals surface area contributed by atoms with E-state index in [-0.39, 0.29) is 12.7 Å². The quantitative estimate of drug-likeness (QED) is 0.864. The van der Waals surface area contributed by atoms with Gasteiger partial charge in [-0.3, -0.25) is 4.79 Å². The van der Waals surface area contributed by atoms with Gasteiger partial charge in [-0.1, -0.05) is 0 Å². The molecule has 0 aromatic heterocycles. The molecular formula is C19H19N3O5. The first-order valence-corrected chi connectivity index (χ1v) is 8.60. The Labute approximate surface area is 156 Å². The topological polar surface area (TPSA) is 89.1 Å². The number of nitrogens with one attached hydrogen (secondary N) is 2. The Morgan fingerprint density at radius 3 is 2.56 bits per heavy atom. The number of carbonyl (C=O) groups excluding carboxylic acids is 2. The highest BCUT2D eigenvalue weighted by Gasteiger charge is 2.25. The highest BCUT2D eigenvalue weighted by molar-refractivity contribution is 6.02. The fourth-order valence-corrected chi connectivity index (χ4v) is 3.15. The van der Waals surface area contributed by atoms with Gasteiger partial charge in [0, 0.05) is 30.4 Å². The number of carbonyl (C=O) groups is 2. The maximum Gasteiger partial charge on any atom is 0.323 e. The van der Waals surface area contributed by atoms with Gasteiger partial charge in [0.2, 0.25) is 12.7 Å². The van der Waals surface area contributed by atoms with Crippen LogP contribution in [0, 0.1) is 0 Å². The first-order chi connectivity index (χ1) is 13.1. The van der Waals surface area contributed by atoms with E-state index in [9.17, 15) is 9.59 Å². The number of hydrogen-bond donors (Lipinski definition) is 2. The molecule has 2 aromatic rings. The average Bonchev–Trinajstić information content (AvgIpc) is 3.29. The number of rotatable bonds is 4. The largest absolute Gasteiger partial charge is 0.495 e. The zero-order valence-electron chi connectivity index (χ0n) is 14.8. The standard InChI is InChI=1S/C19H19N3O5/c1-25-15-6-4-12(9-14(15)22-8-2-3-18(22)23)20-19(24)21-13-5-7-16-17(10-13)27-11-26-16/h4-7,9-10H,2-3,8,11H2,1H3,(H2,20,21,24). The van der Waals surface area contributed by atoms with Crippen LogP contribution in [0.1, 0.15) is 12.8 Å². The molecule has 2 heterocycles. The molecule has 0 spiro atoms. The Morgan fingerprint density at radius 2 is 1.81 bits per heavy atom. The van der Waals surface area contributed by atoms with Crippen molar-refractivity contribution < 1.29 is 23.8 Å². The third kappa shape index (κ3) is 3.46. The second kappa shape index (κ2) is 7.06. The molecule has 140 valence electrons. The molecule has 0 saturated carbocycles. The molecule has 0 unspecified atom stereocenters. The summed E-state index contributed by atoms with van der Waals surface area (Å²) >= 11 is 0. The Hall–Kier alpha value is -3.42. The van der Waals surface area contributed by atoms with E-state index in [1.165, 1.54) is 0 Å². The molecule has 2 aliphatic heterocycles. The van der Waals surface area contributed by atoms with Gasteiger partial charge in [-0.05, 0) is 36.8 Å². The van der Waals surface area contributed by atoms with E-state index in [1.807, 2.05) is 0 Å². The predicted octanol–water partition coefficient (Wildman–Crippen LogP) is 3.19. The summed E-state index contributed by atoms with van der Waals surface area (Å²) in [6.45, 7) is 0.816. The number of methoxy groups -OCH3 is 1. The molecule has 0 atom stereocenters. The smallest absolute Gasteiger partial charge is 0.323 e. The van der Waals surface area contributed by atoms with Gasteiger partial charge in [0.05, 0.1) is 12.8 Å². The fourth-order valence-electron chi connectivity index (χ4n) is 3.15. The zero-order valence-corrected chi connectivity index (χ0v) is 14.8. The normalized spacial score (nSPS) is 15.0. The Morgan fingerprint density at radius 1 is 1.07 bits per heavy atom. The van der Waals surface area contributed by atoms with Crippen LogP contribution in [0.2, 0.25) is 0 Å². The lowest BCUT2D eigenvalue weighted by Crippen LogP contribution is -2.25. The molecule has 27 heavy (non-hydrogen) atoms. The zero-order chi connectivity index (χ0) is 18.8. The average molecular weight is 369 g/mol. The second-order valence-corrected chi connectivity index (χ2v) is 6.18. The lowest BCUT2D eigenvalue weighted by molar-refractivity contribution is -0.117. The molecular weight excluding hydrogens is 350 g/mol. The van der Waals surface area contributed by atoms with Crippen LogP contribution >= 0.6 is 0 Å². The summed E-state index contributed by atoms with van der Waals surface area (Å²) < 4.78 is 15.9. The van der Waals surface area contributed by atoms with Gasteiger partial charge in [-0.25, -0.2) is 4.79 Å². The summed E-state index contributed by atoms with van der Waals surface area (Å²) in [4.78, 5) is 26.1. The van der Waals surface area contributed by atoms with E-state index < -0.39 is 6.03 Å². The third-order valence-electron chi connectivity index (χ3n) is 4.43. The molecule has 4 rings (SSSR count). The van der Waals surface area contributed by atoms with Crippen molar-refractivity contribution in [3.8, 4) is 17.2 Å². The van der Waals surface area contributed by atoms with Crippen LogP contribution in [0.5, 0.6) is 17.2 Å². The van der Waals surface area contributed by atoms with Gasteiger partial charge in [0.25, 0.3) is 0 Å². The van der Waals surface area contributed by atoms with Gasteiger partial charge in [0.1, 0.15) is 5.75 Å². The van der Waals surface area contributed by atoms with E-state index in [2.05, 4.69) is 10.6 Å². The van der Waals surface area contributed by atoms with Crippen molar-refractivity contribution in [2.75, 3.05) is 36.0 Å². The van der Waals surface area contributed by atoms with Crippen LogP contribution in [-0.2, 0) is 4.79 Å². The lowest BCUT2D eigenvalue weighted by atomic mass is 10.2. The Bertz CT molecular complexity index is 899.